The van der Waals surface area contributed by atoms with Crippen molar-refractivity contribution in [3.63, 3.8) is 0 Å². The van der Waals surface area contributed by atoms with Crippen LogP contribution in [0.4, 0.5) is 0 Å². The van der Waals surface area contributed by atoms with Gasteiger partial charge in [-0.3, -0.25) is 0 Å². The van der Waals surface area contributed by atoms with Gasteiger partial charge in [-0.2, -0.15) is 0 Å². The van der Waals surface area contributed by atoms with Gasteiger partial charge in [-0.15, -0.1) is 5.10 Å². The van der Waals surface area contributed by atoms with E-state index in [2.05, 4.69) is 21.4 Å². The zero-order valence-electron chi connectivity index (χ0n) is 13.5. The van der Waals surface area contributed by atoms with E-state index in [1.165, 1.54) is 36.4 Å². The van der Waals surface area contributed by atoms with Crippen molar-refractivity contribution in [2.75, 3.05) is 7.11 Å². The maximum atomic E-state index is 12.3. The fourth-order valence-electron chi connectivity index (χ4n) is 3.03. The summed E-state index contributed by atoms with van der Waals surface area (Å²) in [5, 5.41) is 17.1. The third-order valence-electron chi connectivity index (χ3n) is 4.42. The minimum absolute atomic E-state index is 0.147. The van der Waals surface area contributed by atoms with Gasteiger partial charge in [0.15, 0.2) is 5.69 Å². The molecule has 0 spiro atoms. The number of fused-ring (bicyclic) bond motifs is 1. The highest BCUT2D eigenvalue weighted by Gasteiger charge is 2.25. The maximum absolute atomic E-state index is 12.3. The minimum atomic E-state index is -1.15. The third kappa shape index (κ3) is 2.75. The molecule has 0 saturated heterocycles. The normalized spacial score (nSPS) is 14.0. The number of nitrogens with zero attached hydrogens (tertiary/aromatic N) is 3. The molecule has 2 heterocycles. The van der Waals surface area contributed by atoms with Gasteiger partial charge < -0.3 is 14.8 Å². The Balaban J connectivity index is 1.77. The van der Waals surface area contributed by atoms with Gasteiger partial charge >= 0.3 is 11.9 Å². The fraction of sp³-hybridized carbons (Fsp3) is 0.294. The monoisotopic (exact) mass is 340 g/mol. The van der Waals surface area contributed by atoms with Crippen molar-refractivity contribution >= 4 is 22.8 Å². The molecular weight excluding hydrogens is 324 g/mol. The van der Waals surface area contributed by atoms with E-state index in [4.69, 9.17) is 9.84 Å². The standard InChI is InChI=1S/C17H16N4O4/c1-25-17(24)15-11-5-4-10(9-2-3-9)6-12(11)18-13(15)7-21-8-14(16(22)23)19-20-21/h4-6,8-9,18H,2-3,7H2,1H3,(H,22,23). The van der Waals surface area contributed by atoms with E-state index in [0.29, 0.717) is 17.2 Å². The predicted octanol–water partition coefficient (Wildman–Crippen LogP) is 2.17. The third-order valence-corrected chi connectivity index (χ3v) is 4.42. The van der Waals surface area contributed by atoms with Crippen LogP contribution < -0.4 is 0 Å². The van der Waals surface area contributed by atoms with Crippen LogP contribution in [0.5, 0.6) is 0 Å². The first-order valence-electron chi connectivity index (χ1n) is 7.93. The highest BCUT2D eigenvalue weighted by Crippen LogP contribution is 2.41. The number of aromatic carboxylic acids is 1. The molecule has 2 aromatic heterocycles. The first kappa shape index (κ1) is 15.4. The van der Waals surface area contributed by atoms with E-state index in [-0.39, 0.29) is 12.2 Å². The topological polar surface area (TPSA) is 110 Å². The first-order chi connectivity index (χ1) is 12.1. The summed E-state index contributed by atoms with van der Waals surface area (Å²) in [5.74, 6) is -0.990. The van der Waals surface area contributed by atoms with E-state index in [1.807, 2.05) is 12.1 Å². The summed E-state index contributed by atoms with van der Waals surface area (Å²) in [6.45, 7) is 0.193. The molecule has 25 heavy (non-hydrogen) atoms. The molecular formula is C17H16N4O4. The van der Waals surface area contributed by atoms with Gasteiger partial charge in [-0.05, 0) is 30.4 Å². The van der Waals surface area contributed by atoms with E-state index in [0.717, 1.165) is 10.9 Å². The van der Waals surface area contributed by atoms with Crippen LogP contribution in [0, 0.1) is 0 Å². The van der Waals surface area contributed by atoms with Crippen LogP contribution >= 0.6 is 0 Å². The molecule has 1 saturated carbocycles. The molecule has 0 bridgehead atoms. The second-order valence-electron chi connectivity index (χ2n) is 6.16. The van der Waals surface area contributed by atoms with E-state index >= 15 is 0 Å². The Hall–Kier alpha value is -3.16. The zero-order valence-corrected chi connectivity index (χ0v) is 13.5. The summed E-state index contributed by atoms with van der Waals surface area (Å²) in [7, 11) is 1.33. The molecule has 1 aliphatic rings. The average molecular weight is 340 g/mol. The highest BCUT2D eigenvalue weighted by atomic mass is 16.5. The number of ether oxygens (including phenoxy) is 1. The lowest BCUT2D eigenvalue weighted by Gasteiger charge is -2.03. The van der Waals surface area contributed by atoms with Crippen LogP contribution in [0.1, 0.15) is 50.9 Å². The summed E-state index contributed by atoms with van der Waals surface area (Å²) >= 11 is 0. The number of aromatic amines is 1. The molecule has 0 unspecified atom stereocenters. The van der Waals surface area contributed by atoms with Gasteiger partial charge in [0.05, 0.1) is 31.1 Å². The molecule has 1 aromatic carbocycles. The van der Waals surface area contributed by atoms with Crippen molar-refractivity contribution in [3.8, 4) is 0 Å². The maximum Gasteiger partial charge on any atom is 0.358 e. The van der Waals surface area contributed by atoms with Crippen molar-refractivity contribution in [3.05, 3.63) is 46.9 Å². The largest absolute Gasteiger partial charge is 0.476 e. The summed E-state index contributed by atoms with van der Waals surface area (Å²) < 4.78 is 6.29. The molecule has 1 fully saturated rings. The van der Waals surface area contributed by atoms with Crippen LogP contribution in [0.2, 0.25) is 0 Å². The molecule has 0 amide bonds. The molecule has 0 radical (unpaired) electrons. The Morgan fingerprint density at radius 1 is 1.40 bits per heavy atom. The Bertz CT molecular complexity index is 984. The SMILES string of the molecule is COC(=O)c1c(Cn2cc(C(=O)O)nn2)[nH]c2cc(C3CC3)ccc12. The molecule has 1 aliphatic carbocycles. The number of hydrogen-bond donors (Lipinski definition) is 2. The quantitative estimate of drug-likeness (QED) is 0.689. The summed E-state index contributed by atoms with van der Waals surface area (Å²) in [5.41, 5.74) is 3.01. The van der Waals surface area contributed by atoms with Gasteiger partial charge in [0.1, 0.15) is 0 Å². The van der Waals surface area contributed by atoms with E-state index < -0.39 is 11.9 Å². The lowest BCUT2D eigenvalue weighted by molar-refractivity contribution is 0.0600. The second-order valence-corrected chi connectivity index (χ2v) is 6.16. The van der Waals surface area contributed by atoms with Gasteiger partial charge in [-0.25, -0.2) is 14.3 Å². The Morgan fingerprint density at radius 3 is 2.84 bits per heavy atom. The number of aromatic nitrogens is 4. The number of benzene rings is 1. The fourth-order valence-corrected chi connectivity index (χ4v) is 3.03. The van der Waals surface area contributed by atoms with Gasteiger partial charge in [0.25, 0.3) is 0 Å². The summed E-state index contributed by atoms with van der Waals surface area (Å²) in [6, 6.07) is 6.04. The summed E-state index contributed by atoms with van der Waals surface area (Å²) in [4.78, 5) is 26.5. The Kier molecular flexibility index (Phi) is 3.52. The molecule has 128 valence electrons. The average Bonchev–Trinajstić information content (AvgIpc) is 3.24. The molecule has 0 aliphatic heterocycles. The minimum Gasteiger partial charge on any atom is -0.476 e. The van der Waals surface area contributed by atoms with Crippen molar-refractivity contribution < 1.29 is 19.4 Å². The molecule has 4 rings (SSSR count). The van der Waals surface area contributed by atoms with Crippen molar-refractivity contribution in [2.45, 2.75) is 25.3 Å². The van der Waals surface area contributed by atoms with Gasteiger partial charge in [-0.1, -0.05) is 17.3 Å². The molecule has 2 N–H and O–H groups in total. The number of H-pyrrole nitrogens is 1. The number of hydrogen-bond acceptors (Lipinski definition) is 5. The van der Waals surface area contributed by atoms with Crippen molar-refractivity contribution in [1.82, 2.24) is 20.0 Å². The summed E-state index contributed by atoms with van der Waals surface area (Å²) in [6.07, 6.45) is 3.71. The van der Waals surface area contributed by atoms with Crippen LogP contribution in [0.3, 0.4) is 0 Å². The van der Waals surface area contributed by atoms with Crippen LogP contribution in [-0.4, -0.2) is 44.1 Å². The number of carbonyl (C=O) groups excluding carboxylic acids is 1. The Labute approximate surface area is 142 Å². The number of nitrogens with one attached hydrogen (secondary N) is 1. The van der Waals surface area contributed by atoms with Crippen LogP contribution in [0.25, 0.3) is 10.9 Å². The smallest absolute Gasteiger partial charge is 0.358 e. The number of carboxylic acids is 1. The van der Waals surface area contributed by atoms with Gasteiger partial charge in [0, 0.05) is 10.9 Å². The molecule has 3 aromatic rings. The van der Waals surface area contributed by atoms with Gasteiger partial charge in [0.2, 0.25) is 0 Å². The van der Waals surface area contributed by atoms with Crippen LogP contribution in [0.15, 0.2) is 24.4 Å². The second kappa shape index (κ2) is 5.73. The zero-order chi connectivity index (χ0) is 17.6. The number of methoxy groups -OCH3 is 1. The van der Waals surface area contributed by atoms with Crippen LogP contribution in [-0.2, 0) is 11.3 Å². The Morgan fingerprint density at radius 2 is 2.20 bits per heavy atom. The molecule has 8 heteroatoms. The number of carbonyl (C=O) groups is 2. The van der Waals surface area contributed by atoms with E-state index in [1.54, 1.807) is 0 Å². The lowest BCUT2D eigenvalue weighted by Crippen LogP contribution is -2.08. The molecule has 0 atom stereocenters. The molecule has 8 nitrogen and oxygen atoms in total. The lowest BCUT2D eigenvalue weighted by atomic mass is 10.1. The highest BCUT2D eigenvalue weighted by molar-refractivity contribution is 6.05. The number of esters is 1. The predicted molar refractivity (Wildman–Crippen MR) is 87.7 cm³/mol. The van der Waals surface area contributed by atoms with Crippen molar-refractivity contribution in [1.29, 1.82) is 0 Å². The number of carboxylic acid groups (broad SMARTS) is 1. The van der Waals surface area contributed by atoms with E-state index in [9.17, 15) is 9.59 Å². The first-order valence-corrected chi connectivity index (χ1v) is 7.93. The number of rotatable bonds is 5. The van der Waals surface area contributed by atoms with Crippen molar-refractivity contribution in [2.24, 2.45) is 0 Å².